The number of hydrogen-bond acceptors (Lipinski definition) is 7. The summed E-state index contributed by atoms with van der Waals surface area (Å²) in [5.41, 5.74) is 2.05. The monoisotopic (exact) mass is 434 g/mol. The third-order valence-corrected chi connectivity index (χ3v) is 6.29. The molecular weight excluding hydrogens is 408 g/mol. The van der Waals surface area contributed by atoms with Gasteiger partial charge in [-0.05, 0) is 25.8 Å². The van der Waals surface area contributed by atoms with Crippen LogP contribution in [0.15, 0.2) is 53.7 Å². The van der Waals surface area contributed by atoms with Crippen LogP contribution in [0.4, 0.5) is 0 Å². The lowest BCUT2D eigenvalue weighted by Crippen LogP contribution is -2.52. The lowest BCUT2D eigenvalue weighted by atomic mass is 9.83. The van der Waals surface area contributed by atoms with Gasteiger partial charge >= 0.3 is 0 Å². The zero-order chi connectivity index (χ0) is 22.0. The highest BCUT2D eigenvalue weighted by Crippen LogP contribution is 2.37. The Labute approximate surface area is 186 Å². The van der Waals surface area contributed by atoms with Crippen molar-refractivity contribution in [2.24, 2.45) is 0 Å². The zero-order valence-corrected chi connectivity index (χ0v) is 18.1. The van der Waals surface area contributed by atoms with E-state index in [1.807, 2.05) is 36.1 Å². The van der Waals surface area contributed by atoms with Gasteiger partial charge in [0.25, 0.3) is 5.91 Å². The fourth-order valence-electron chi connectivity index (χ4n) is 4.61. The van der Waals surface area contributed by atoms with Crippen molar-refractivity contribution in [2.75, 3.05) is 19.7 Å². The highest BCUT2D eigenvalue weighted by molar-refractivity contribution is 5.97. The molecule has 1 atom stereocenters. The maximum Gasteiger partial charge on any atom is 0.276 e. The molecule has 2 aliphatic heterocycles. The van der Waals surface area contributed by atoms with Gasteiger partial charge in [-0.1, -0.05) is 23.8 Å². The summed E-state index contributed by atoms with van der Waals surface area (Å²) in [5.74, 6) is 0.954. The number of oxazole rings is 1. The van der Waals surface area contributed by atoms with Gasteiger partial charge in [0, 0.05) is 43.9 Å². The Hall–Kier alpha value is -3.26. The fraction of sp³-hybridized carbons (Fsp3) is 0.417. The van der Waals surface area contributed by atoms with Gasteiger partial charge in [0.05, 0.1) is 18.4 Å². The third-order valence-electron chi connectivity index (χ3n) is 6.29. The number of amides is 1. The summed E-state index contributed by atoms with van der Waals surface area (Å²) in [6.45, 7) is 3.87. The summed E-state index contributed by atoms with van der Waals surface area (Å²) < 4.78 is 17.8. The van der Waals surface area contributed by atoms with Crippen LogP contribution in [0.1, 0.15) is 41.7 Å². The molecule has 32 heavy (non-hydrogen) atoms. The molecule has 0 N–H and O–H groups in total. The number of ether oxygens (including phenoxy) is 2. The van der Waals surface area contributed by atoms with E-state index >= 15 is 0 Å². The van der Waals surface area contributed by atoms with E-state index in [1.165, 1.54) is 6.39 Å². The first-order chi connectivity index (χ1) is 15.6. The fourth-order valence-corrected chi connectivity index (χ4v) is 4.61. The van der Waals surface area contributed by atoms with Gasteiger partial charge in [-0.15, -0.1) is 0 Å². The molecule has 8 heteroatoms. The van der Waals surface area contributed by atoms with Crippen molar-refractivity contribution in [1.82, 2.24) is 19.9 Å². The largest absolute Gasteiger partial charge is 0.473 e. The van der Waals surface area contributed by atoms with Crippen LogP contribution >= 0.6 is 0 Å². The number of rotatable bonds is 4. The Bertz CT molecular complexity index is 1080. The zero-order valence-electron chi connectivity index (χ0n) is 18.1. The van der Waals surface area contributed by atoms with E-state index in [4.69, 9.17) is 13.9 Å². The summed E-state index contributed by atoms with van der Waals surface area (Å²) in [7, 11) is 0. The first-order valence-electron chi connectivity index (χ1n) is 11.0. The van der Waals surface area contributed by atoms with E-state index in [2.05, 4.69) is 15.0 Å². The van der Waals surface area contributed by atoms with Gasteiger partial charge in [-0.25, -0.2) is 9.97 Å². The molecule has 1 spiro atoms. The molecule has 166 valence electrons. The van der Waals surface area contributed by atoms with Crippen LogP contribution in [0.25, 0.3) is 11.3 Å². The highest BCUT2D eigenvalue weighted by atomic mass is 16.5. The number of benzene rings is 1. The minimum Gasteiger partial charge on any atom is -0.473 e. The Morgan fingerprint density at radius 2 is 2.09 bits per heavy atom. The average molecular weight is 434 g/mol. The van der Waals surface area contributed by atoms with Crippen LogP contribution < -0.4 is 4.74 Å². The first-order valence-corrected chi connectivity index (χ1v) is 11.0. The van der Waals surface area contributed by atoms with Crippen molar-refractivity contribution < 1.29 is 18.7 Å². The summed E-state index contributed by atoms with van der Waals surface area (Å²) in [6.07, 6.45) is 9.39. The molecule has 1 aromatic carbocycles. The number of aromatic nitrogens is 3. The standard InChI is InChI=1S/C24H26N4O4/c1-17-3-2-4-18(13-17)22-21(27-16-30-22)23(29)28-10-6-24(7-11-28)14-19(5-12-31-24)32-20-15-25-8-9-26-20/h2-4,8-9,13,15-16,19H,5-7,10-12,14H2,1H3. The Morgan fingerprint density at radius 1 is 1.22 bits per heavy atom. The molecule has 1 amide bonds. The van der Waals surface area contributed by atoms with Crippen molar-refractivity contribution in [1.29, 1.82) is 0 Å². The molecular formula is C24H26N4O4. The average Bonchev–Trinajstić information content (AvgIpc) is 3.30. The molecule has 0 saturated carbocycles. The van der Waals surface area contributed by atoms with Crippen LogP contribution in [0.5, 0.6) is 5.88 Å². The number of hydrogen-bond donors (Lipinski definition) is 0. The topological polar surface area (TPSA) is 90.6 Å². The summed E-state index contributed by atoms with van der Waals surface area (Å²) in [4.78, 5) is 27.6. The maximum atomic E-state index is 13.2. The molecule has 0 bridgehead atoms. The van der Waals surface area contributed by atoms with Gasteiger partial charge < -0.3 is 18.8 Å². The number of piperidine rings is 1. The summed E-state index contributed by atoms with van der Waals surface area (Å²) >= 11 is 0. The van der Waals surface area contributed by atoms with Gasteiger partial charge in [-0.3, -0.25) is 9.78 Å². The molecule has 2 aromatic heterocycles. The van der Waals surface area contributed by atoms with Gasteiger partial charge in [0.1, 0.15) is 6.10 Å². The molecule has 3 aromatic rings. The third kappa shape index (κ3) is 4.23. The summed E-state index contributed by atoms with van der Waals surface area (Å²) in [5, 5.41) is 0. The molecule has 5 rings (SSSR count). The highest BCUT2D eigenvalue weighted by Gasteiger charge is 2.42. The lowest BCUT2D eigenvalue weighted by Gasteiger charge is -2.45. The van der Waals surface area contributed by atoms with E-state index in [0.717, 1.165) is 36.8 Å². The van der Waals surface area contributed by atoms with Crippen LogP contribution in [-0.4, -0.2) is 57.2 Å². The van der Waals surface area contributed by atoms with E-state index in [-0.39, 0.29) is 17.6 Å². The van der Waals surface area contributed by atoms with Crippen LogP contribution in [0.3, 0.4) is 0 Å². The smallest absolute Gasteiger partial charge is 0.276 e. The second-order valence-corrected chi connectivity index (χ2v) is 8.50. The number of carbonyl (C=O) groups is 1. The molecule has 2 saturated heterocycles. The molecule has 0 radical (unpaired) electrons. The van der Waals surface area contributed by atoms with Gasteiger partial charge in [0.15, 0.2) is 17.8 Å². The minimum atomic E-state index is -0.273. The van der Waals surface area contributed by atoms with Crippen molar-refractivity contribution in [3.8, 4) is 17.2 Å². The van der Waals surface area contributed by atoms with Gasteiger partial charge in [0.2, 0.25) is 5.88 Å². The number of nitrogens with zero attached hydrogens (tertiary/aromatic N) is 4. The molecule has 4 heterocycles. The molecule has 1 unspecified atom stereocenters. The van der Waals surface area contributed by atoms with Crippen LogP contribution in [0.2, 0.25) is 0 Å². The number of aryl methyl sites for hydroxylation is 1. The summed E-state index contributed by atoms with van der Waals surface area (Å²) in [6, 6.07) is 7.89. The SMILES string of the molecule is Cc1cccc(-c2ocnc2C(=O)N2CCC3(CC2)CC(Oc2cnccn2)CCO3)c1. The first kappa shape index (κ1) is 20.6. The molecule has 2 fully saturated rings. The quantitative estimate of drug-likeness (QED) is 0.619. The van der Waals surface area contributed by atoms with E-state index in [9.17, 15) is 4.79 Å². The molecule has 0 aliphatic carbocycles. The van der Waals surface area contributed by atoms with Crippen LogP contribution in [0, 0.1) is 6.92 Å². The lowest BCUT2D eigenvalue weighted by molar-refractivity contribution is -0.135. The minimum absolute atomic E-state index is 0.0335. The van der Waals surface area contributed by atoms with Gasteiger partial charge in [-0.2, -0.15) is 0 Å². The van der Waals surface area contributed by atoms with Crippen molar-refractivity contribution in [3.63, 3.8) is 0 Å². The normalized spacial score (nSPS) is 20.3. The Kier molecular flexibility index (Phi) is 5.61. The van der Waals surface area contributed by atoms with E-state index < -0.39 is 0 Å². The van der Waals surface area contributed by atoms with Crippen LogP contribution in [-0.2, 0) is 4.74 Å². The predicted molar refractivity (Wildman–Crippen MR) is 116 cm³/mol. The molecule has 2 aliphatic rings. The molecule has 8 nitrogen and oxygen atoms in total. The number of carbonyl (C=O) groups excluding carboxylic acids is 1. The second-order valence-electron chi connectivity index (χ2n) is 8.50. The van der Waals surface area contributed by atoms with E-state index in [1.54, 1.807) is 18.6 Å². The predicted octanol–water partition coefficient (Wildman–Crippen LogP) is 3.67. The van der Waals surface area contributed by atoms with E-state index in [0.29, 0.717) is 37.0 Å². The Morgan fingerprint density at radius 3 is 2.88 bits per heavy atom. The second kappa shape index (κ2) is 8.70. The Balaban J connectivity index is 1.24. The van der Waals surface area contributed by atoms with Crippen molar-refractivity contribution in [3.05, 3.63) is 60.5 Å². The van der Waals surface area contributed by atoms with Crippen molar-refractivity contribution in [2.45, 2.75) is 44.3 Å². The van der Waals surface area contributed by atoms with Crippen molar-refractivity contribution >= 4 is 5.91 Å². The maximum absolute atomic E-state index is 13.2. The number of likely N-dealkylation sites (tertiary alicyclic amines) is 1.